The van der Waals surface area contributed by atoms with Crippen molar-refractivity contribution in [3.63, 3.8) is 0 Å². The maximum Gasteiger partial charge on any atom is 0.0240 e. The van der Waals surface area contributed by atoms with Crippen LogP contribution in [0.25, 0.3) is 0 Å². The number of benzene rings is 2. The van der Waals surface area contributed by atoms with Crippen molar-refractivity contribution >= 4 is 0 Å². The summed E-state index contributed by atoms with van der Waals surface area (Å²) in [6, 6.07) is 23.5. The van der Waals surface area contributed by atoms with Gasteiger partial charge in [0.15, 0.2) is 0 Å². The van der Waals surface area contributed by atoms with Crippen molar-refractivity contribution in [2.24, 2.45) is 0 Å². The van der Waals surface area contributed by atoms with E-state index in [9.17, 15) is 0 Å². The molecule has 28 heavy (non-hydrogen) atoms. The molecular weight excluding hydrogens is 342 g/mol. The predicted molar refractivity (Wildman–Crippen MR) is 117 cm³/mol. The van der Waals surface area contributed by atoms with Gasteiger partial charge in [0.1, 0.15) is 0 Å². The molecule has 2 aromatic carbocycles. The van der Waals surface area contributed by atoms with E-state index in [0.717, 1.165) is 19.1 Å². The Bertz CT molecular complexity index is 645. The van der Waals surface area contributed by atoms with Crippen LogP contribution in [0.1, 0.15) is 36.8 Å². The van der Waals surface area contributed by atoms with Crippen molar-refractivity contribution in [3.8, 4) is 0 Å². The van der Waals surface area contributed by atoms with Gasteiger partial charge in [-0.3, -0.25) is 9.80 Å². The molecule has 0 amide bonds. The predicted octanol–water partition coefficient (Wildman–Crippen LogP) is 4.25. The lowest BCUT2D eigenvalue weighted by Gasteiger charge is -2.43. The van der Waals surface area contributed by atoms with E-state index in [1.165, 1.54) is 63.0 Å². The van der Waals surface area contributed by atoms with Crippen LogP contribution in [0.2, 0.25) is 0 Å². The van der Waals surface area contributed by atoms with Crippen molar-refractivity contribution < 1.29 is 0 Å². The Labute approximate surface area is 171 Å². The normalized spacial score (nSPS) is 24.5. The summed E-state index contributed by atoms with van der Waals surface area (Å²) < 4.78 is 0. The fraction of sp³-hybridized carbons (Fsp3) is 0.520. The fourth-order valence-corrected chi connectivity index (χ4v) is 4.93. The van der Waals surface area contributed by atoms with Crippen LogP contribution in [0.3, 0.4) is 0 Å². The molecule has 0 unspecified atom stereocenters. The third-order valence-electron chi connectivity index (χ3n) is 6.69. The van der Waals surface area contributed by atoms with E-state index in [1.54, 1.807) is 0 Å². The minimum absolute atomic E-state index is 0.698. The molecule has 3 heteroatoms. The van der Waals surface area contributed by atoms with Crippen LogP contribution < -0.4 is 0 Å². The summed E-state index contributed by atoms with van der Waals surface area (Å²) in [6.45, 7) is 7.08. The number of piperazine rings is 1. The summed E-state index contributed by atoms with van der Waals surface area (Å²) in [6.07, 6.45) is 5.37. The topological polar surface area (TPSA) is 9.72 Å². The quantitative estimate of drug-likeness (QED) is 0.745. The minimum Gasteiger partial charge on any atom is -0.304 e. The highest BCUT2D eigenvalue weighted by Gasteiger charge is 2.30. The molecule has 1 saturated heterocycles. The second-order valence-corrected chi connectivity index (χ2v) is 8.68. The number of hydrogen-bond donors (Lipinski definition) is 0. The lowest BCUT2D eigenvalue weighted by Crippen LogP contribution is -2.51. The Hall–Kier alpha value is -1.68. The molecule has 0 atom stereocenters. The largest absolute Gasteiger partial charge is 0.304 e. The van der Waals surface area contributed by atoms with Gasteiger partial charge in [-0.25, -0.2) is 0 Å². The molecule has 0 aromatic heterocycles. The molecule has 2 fully saturated rings. The van der Waals surface area contributed by atoms with Gasteiger partial charge in [-0.15, -0.1) is 0 Å². The zero-order chi connectivity index (χ0) is 19.2. The van der Waals surface area contributed by atoms with Crippen molar-refractivity contribution in [3.05, 3.63) is 71.8 Å². The Morgan fingerprint density at radius 2 is 1.21 bits per heavy atom. The molecule has 1 heterocycles. The van der Waals surface area contributed by atoms with Crippen LogP contribution in [0.4, 0.5) is 0 Å². The standard InChI is InChI=1S/C25H35N3/c1-26-16-18-27(19-17-26)24-12-14-25(15-13-24)28(20-22-8-4-2-5-9-22)21-23-10-6-3-7-11-23/h2-11,24-25H,12-21H2,1H3/t24-,25+. The van der Waals surface area contributed by atoms with Crippen LogP contribution in [-0.2, 0) is 13.1 Å². The molecular formula is C25H35N3. The average Bonchev–Trinajstić information content (AvgIpc) is 2.75. The third kappa shape index (κ3) is 5.22. The zero-order valence-corrected chi connectivity index (χ0v) is 17.3. The van der Waals surface area contributed by atoms with Gasteiger partial charge in [-0.2, -0.15) is 0 Å². The van der Waals surface area contributed by atoms with Gasteiger partial charge in [0.25, 0.3) is 0 Å². The lowest BCUT2D eigenvalue weighted by molar-refractivity contribution is 0.0588. The highest BCUT2D eigenvalue weighted by atomic mass is 15.3. The van der Waals surface area contributed by atoms with E-state index in [2.05, 4.69) is 82.4 Å². The van der Waals surface area contributed by atoms with Crippen LogP contribution in [0, 0.1) is 0 Å². The van der Waals surface area contributed by atoms with Crippen molar-refractivity contribution in [2.75, 3.05) is 33.2 Å². The van der Waals surface area contributed by atoms with Crippen molar-refractivity contribution in [1.29, 1.82) is 0 Å². The van der Waals surface area contributed by atoms with Gasteiger partial charge in [-0.1, -0.05) is 60.7 Å². The van der Waals surface area contributed by atoms with E-state index in [4.69, 9.17) is 0 Å². The molecule has 2 aromatic rings. The molecule has 0 N–H and O–H groups in total. The molecule has 1 aliphatic carbocycles. The van der Waals surface area contributed by atoms with E-state index in [1.807, 2.05) is 0 Å². The summed E-state index contributed by atoms with van der Waals surface area (Å²) in [4.78, 5) is 7.95. The molecule has 2 aliphatic rings. The molecule has 0 bridgehead atoms. The van der Waals surface area contributed by atoms with Gasteiger partial charge in [0.05, 0.1) is 0 Å². The van der Waals surface area contributed by atoms with Crippen molar-refractivity contribution in [2.45, 2.75) is 50.9 Å². The van der Waals surface area contributed by atoms with E-state index < -0.39 is 0 Å². The summed E-state index contributed by atoms with van der Waals surface area (Å²) in [5.41, 5.74) is 2.86. The number of likely N-dealkylation sites (N-methyl/N-ethyl adjacent to an activating group) is 1. The van der Waals surface area contributed by atoms with E-state index >= 15 is 0 Å². The van der Waals surface area contributed by atoms with Gasteiger partial charge in [0, 0.05) is 51.4 Å². The maximum atomic E-state index is 2.76. The molecule has 4 rings (SSSR count). The van der Waals surface area contributed by atoms with Gasteiger partial charge >= 0.3 is 0 Å². The molecule has 3 nitrogen and oxygen atoms in total. The summed E-state index contributed by atoms with van der Waals surface area (Å²) in [7, 11) is 2.25. The monoisotopic (exact) mass is 377 g/mol. The number of nitrogens with zero attached hydrogens (tertiary/aromatic N) is 3. The van der Waals surface area contributed by atoms with Gasteiger partial charge < -0.3 is 4.90 Å². The lowest BCUT2D eigenvalue weighted by atomic mass is 9.88. The van der Waals surface area contributed by atoms with E-state index in [0.29, 0.717) is 6.04 Å². The summed E-state index contributed by atoms with van der Waals surface area (Å²) >= 11 is 0. The smallest absolute Gasteiger partial charge is 0.0240 e. The van der Waals surface area contributed by atoms with Gasteiger partial charge in [-0.05, 0) is 43.9 Å². The molecule has 150 valence electrons. The molecule has 0 radical (unpaired) electrons. The Kier molecular flexibility index (Phi) is 6.79. The highest BCUT2D eigenvalue weighted by molar-refractivity contribution is 5.17. The Morgan fingerprint density at radius 3 is 1.71 bits per heavy atom. The number of rotatable bonds is 6. The Balaban J connectivity index is 1.39. The third-order valence-corrected chi connectivity index (χ3v) is 6.69. The first kappa shape index (κ1) is 19.6. The second-order valence-electron chi connectivity index (χ2n) is 8.68. The second kappa shape index (κ2) is 9.69. The molecule has 1 aliphatic heterocycles. The van der Waals surface area contributed by atoms with Crippen LogP contribution >= 0.6 is 0 Å². The first-order chi connectivity index (χ1) is 13.8. The van der Waals surface area contributed by atoms with Crippen LogP contribution in [0.15, 0.2) is 60.7 Å². The summed E-state index contributed by atoms with van der Waals surface area (Å²) in [5, 5.41) is 0. The van der Waals surface area contributed by atoms with Crippen LogP contribution in [-0.4, -0.2) is 60.0 Å². The maximum absolute atomic E-state index is 2.76. The highest BCUT2D eigenvalue weighted by Crippen LogP contribution is 2.29. The number of hydrogen-bond acceptors (Lipinski definition) is 3. The zero-order valence-electron chi connectivity index (χ0n) is 17.3. The fourth-order valence-electron chi connectivity index (χ4n) is 4.93. The summed E-state index contributed by atoms with van der Waals surface area (Å²) in [5.74, 6) is 0. The first-order valence-corrected chi connectivity index (χ1v) is 11.0. The van der Waals surface area contributed by atoms with Gasteiger partial charge in [0.2, 0.25) is 0 Å². The van der Waals surface area contributed by atoms with E-state index in [-0.39, 0.29) is 0 Å². The van der Waals surface area contributed by atoms with Crippen LogP contribution in [0.5, 0.6) is 0 Å². The average molecular weight is 378 g/mol. The SMILES string of the molecule is CN1CCN([C@H]2CC[C@@H](N(Cc3ccccc3)Cc3ccccc3)CC2)CC1. The molecule has 1 saturated carbocycles. The molecule has 0 spiro atoms. The Morgan fingerprint density at radius 1 is 0.714 bits per heavy atom. The van der Waals surface area contributed by atoms with Crippen molar-refractivity contribution in [1.82, 2.24) is 14.7 Å². The minimum atomic E-state index is 0.698. The first-order valence-electron chi connectivity index (χ1n) is 11.0.